The van der Waals surface area contributed by atoms with Gasteiger partial charge >= 0.3 is 0 Å². The number of nitrogens with zero attached hydrogens (tertiary/aromatic N) is 2. The summed E-state index contributed by atoms with van der Waals surface area (Å²) in [4.78, 5) is 18.2. The van der Waals surface area contributed by atoms with Crippen LogP contribution in [0.1, 0.15) is 36.2 Å². The van der Waals surface area contributed by atoms with Crippen LogP contribution >= 0.6 is 24.0 Å². The van der Waals surface area contributed by atoms with Crippen molar-refractivity contribution in [2.75, 3.05) is 27.2 Å². The van der Waals surface area contributed by atoms with E-state index in [1.54, 1.807) is 7.05 Å². The van der Waals surface area contributed by atoms with Crippen LogP contribution in [0, 0.1) is 5.41 Å². The number of halogens is 1. The zero-order valence-electron chi connectivity index (χ0n) is 14.3. The van der Waals surface area contributed by atoms with E-state index in [1.807, 2.05) is 31.3 Å². The Balaban J connectivity index is 0.00000264. The molecule has 0 unspecified atom stereocenters. The third kappa shape index (κ3) is 5.37. The molecule has 1 aromatic rings. The first-order chi connectivity index (χ1) is 10.4. The summed E-state index contributed by atoms with van der Waals surface area (Å²) in [5.74, 6) is 0.885. The summed E-state index contributed by atoms with van der Waals surface area (Å²) in [5.41, 5.74) is 2.16. The van der Waals surface area contributed by atoms with Crippen molar-refractivity contribution in [3.05, 3.63) is 35.4 Å². The molecule has 1 saturated heterocycles. The van der Waals surface area contributed by atoms with Crippen molar-refractivity contribution < 1.29 is 4.79 Å². The Morgan fingerprint density at radius 3 is 2.43 bits per heavy atom. The molecule has 0 saturated carbocycles. The van der Waals surface area contributed by atoms with E-state index in [2.05, 4.69) is 34.4 Å². The molecule has 1 aromatic carbocycles. The van der Waals surface area contributed by atoms with Gasteiger partial charge in [0, 0.05) is 39.3 Å². The van der Waals surface area contributed by atoms with Crippen molar-refractivity contribution in [2.45, 2.75) is 26.8 Å². The van der Waals surface area contributed by atoms with Crippen LogP contribution in [0.5, 0.6) is 0 Å². The first-order valence-electron chi connectivity index (χ1n) is 7.72. The molecule has 0 atom stereocenters. The SMILES string of the molecule is CN=C(NCc1ccc(C(=O)NC)cc1)N1CCC(C)(C)C1.I. The first-order valence-corrected chi connectivity index (χ1v) is 7.72. The number of likely N-dealkylation sites (tertiary alicyclic amines) is 1. The quantitative estimate of drug-likeness (QED) is 0.440. The molecule has 1 fully saturated rings. The zero-order valence-corrected chi connectivity index (χ0v) is 16.7. The summed E-state index contributed by atoms with van der Waals surface area (Å²) in [6, 6.07) is 7.63. The van der Waals surface area contributed by atoms with E-state index in [1.165, 1.54) is 6.42 Å². The Morgan fingerprint density at radius 2 is 1.96 bits per heavy atom. The van der Waals surface area contributed by atoms with Crippen LogP contribution in [0.25, 0.3) is 0 Å². The lowest BCUT2D eigenvalue weighted by atomic mass is 9.93. The third-order valence-electron chi connectivity index (χ3n) is 4.08. The standard InChI is InChI=1S/C17H26N4O.HI/c1-17(2)9-10-21(12-17)16(19-4)20-11-13-5-7-14(8-6-13)15(22)18-3;/h5-8H,9-12H2,1-4H3,(H,18,22)(H,19,20);1H. The molecule has 6 heteroatoms. The summed E-state index contributed by atoms with van der Waals surface area (Å²) in [7, 11) is 3.46. The lowest BCUT2D eigenvalue weighted by Gasteiger charge is -2.23. The Bertz CT molecular complexity index is 554. The average molecular weight is 430 g/mol. The molecule has 0 bridgehead atoms. The lowest BCUT2D eigenvalue weighted by Crippen LogP contribution is -2.40. The summed E-state index contributed by atoms with van der Waals surface area (Å²) >= 11 is 0. The first kappa shape index (κ1) is 19.7. The minimum Gasteiger partial charge on any atom is -0.355 e. The molecule has 1 amide bonds. The number of carbonyl (C=O) groups excluding carboxylic acids is 1. The molecular formula is C17H27IN4O. The lowest BCUT2D eigenvalue weighted by molar-refractivity contribution is 0.0963. The molecule has 5 nitrogen and oxygen atoms in total. The fourth-order valence-electron chi connectivity index (χ4n) is 2.72. The fraction of sp³-hybridized carbons (Fsp3) is 0.529. The van der Waals surface area contributed by atoms with Gasteiger partial charge in [-0.05, 0) is 29.5 Å². The maximum absolute atomic E-state index is 11.5. The molecule has 23 heavy (non-hydrogen) atoms. The topological polar surface area (TPSA) is 56.7 Å². The van der Waals surface area contributed by atoms with Crippen LogP contribution < -0.4 is 10.6 Å². The van der Waals surface area contributed by atoms with E-state index in [0.29, 0.717) is 17.5 Å². The normalized spacial score (nSPS) is 16.7. The highest BCUT2D eigenvalue weighted by molar-refractivity contribution is 14.0. The molecule has 2 N–H and O–H groups in total. The van der Waals surface area contributed by atoms with Gasteiger partial charge in [0.15, 0.2) is 5.96 Å². The van der Waals surface area contributed by atoms with Crippen molar-refractivity contribution in [2.24, 2.45) is 10.4 Å². The highest BCUT2D eigenvalue weighted by Crippen LogP contribution is 2.28. The number of benzene rings is 1. The number of hydrogen-bond acceptors (Lipinski definition) is 2. The molecule has 0 aromatic heterocycles. The fourth-order valence-corrected chi connectivity index (χ4v) is 2.72. The number of rotatable bonds is 3. The van der Waals surface area contributed by atoms with Crippen LogP contribution in [0.2, 0.25) is 0 Å². The maximum Gasteiger partial charge on any atom is 0.251 e. The molecule has 0 radical (unpaired) electrons. The van der Waals surface area contributed by atoms with Crippen LogP contribution in [-0.4, -0.2) is 44.0 Å². The van der Waals surface area contributed by atoms with Crippen molar-refractivity contribution in [3.63, 3.8) is 0 Å². The number of carbonyl (C=O) groups is 1. The highest BCUT2D eigenvalue weighted by atomic mass is 127. The average Bonchev–Trinajstić information content (AvgIpc) is 2.88. The van der Waals surface area contributed by atoms with Gasteiger partial charge < -0.3 is 15.5 Å². The number of aliphatic imine (C=N–C) groups is 1. The van der Waals surface area contributed by atoms with Gasteiger partial charge in [-0.3, -0.25) is 9.79 Å². The molecular weight excluding hydrogens is 403 g/mol. The number of guanidine groups is 1. The van der Waals surface area contributed by atoms with E-state index < -0.39 is 0 Å². The van der Waals surface area contributed by atoms with Gasteiger partial charge in [-0.25, -0.2) is 0 Å². The molecule has 0 aliphatic carbocycles. The van der Waals surface area contributed by atoms with Crippen molar-refractivity contribution in [3.8, 4) is 0 Å². The van der Waals surface area contributed by atoms with Gasteiger partial charge in [0.1, 0.15) is 0 Å². The summed E-state index contributed by atoms with van der Waals surface area (Å²) in [6.45, 7) is 7.36. The van der Waals surface area contributed by atoms with Crippen LogP contribution in [0.3, 0.4) is 0 Å². The largest absolute Gasteiger partial charge is 0.355 e. The van der Waals surface area contributed by atoms with E-state index in [9.17, 15) is 4.79 Å². The second kappa shape index (κ2) is 8.52. The Labute approximate surface area is 156 Å². The smallest absolute Gasteiger partial charge is 0.251 e. The second-order valence-corrected chi connectivity index (χ2v) is 6.51. The summed E-state index contributed by atoms with van der Waals surface area (Å²) in [5, 5.41) is 6.03. The van der Waals surface area contributed by atoms with Crippen molar-refractivity contribution in [1.82, 2.24) is 15.5 Å². The molecule has 1 aliphatic heterocycles. The molecule has 1 heterocycles. The van der Waals surface area contributed by atoms with Gasteiger partial charge in [0.05, 0.1) is 0 Å². The minimum atomic E-state index is -0.0605. The predicted molar refractivity (Wildman–Crippen MR) is 105 cm³/mol. The molecule has 1 aliphatic rings. The monoisotopic (exact) mass is 430 g/mol. The summed E-state index contributed by atoms with van der Waals surface area (Å²) < 4.78 is 0. The van der Waals surface area contributed by atoms with Crippen LogP contribution in [0.15, 0.2) is 29.3 Å². The molecule has 2 rings (SSSR count). The molecule has 128 valence electrons. The number of amides is 1. The predicted octanol–water partition coefficient (Wildman–Crippen LogP) is 2.47. The number of nitrogens with one attached hydrogen (secondary N) is 2. The number of hydrogen-bond donors (Lipinski definition) is 2. The second-order valence-electron chi connectivity index (χ2n) is 6.51. The van der Waals surface area contributed by atoms with Gasteiger partial charge in [-0.15, -0.1) is 24.0 Å². The summed E-state index contributed by atoms with van der Waals surface area (Å²) in [6.07, 6.45) is 1.19. The maximum atomic E-state index is 11.5. The third-order valence-corrected chi connectivity index (χ3v) is 4.08. The molecule has 0 spiro atoms. The van der Waals surface area contributed by atoms with Crippen LogP contribution in [0.4, 0.5) is 0 Å². The van der Waals surface area contributed by atoms with Gasteiger partial charge in [-0.2, -0.15) is 0 Å². The van der Waals surface area contributed by atoms with Gasteiger partial charge in [0.2, 0.25) is 0 Å². The van der Waals surface area contributed by atoms with E-state index in [4.69, 9.17) is 0 Å². The van der Waals surface area contributed by atoms with Gasteiger partial charge in [-0.1, -0.05) is 26.0 Å². The van der Waals surface area contributed by atoms with Crippen LogP contribution in [-0.2, 0) is 6.54 Å². The van der Waals surface area contributed by atoms with E-state index in [-0.39, 0.29) is 29.9 Å². The highest BCUT2D eigenvalue weighted by Gasteiger charge is 2.30. The minimum absolute atomic E-state index is 0. The Hall–Kier alpha value is -1.31. The van der Waals surface area contributed by atoms with E-state index >= 15 is 0 Å². The zero-order chi connectivity index (χ0) is 16.2. The van der Waals surface area contributed by atoms with Crippen molar-refractivity contribution >= 4 is 35.8 Å². The van der Waals surface area contributed by atoms with E-state index in [0.717, 1.165) is 24.6 Å². The Kier molecular flexibility index (Phi) is 7.31. The Morgan fingerprint density at radius 1 is 1.30 bits per heavy atom. The van der Waals surface area contributed by atoms with Gasteiger partial charge in [0.25, 0.3) is 5.91 Å². The van der Waals surface area contributed by atoms with Crippen molar-refractivity contribution in [1.29, 1.82) is 0 Å².